The summed E-state index contributed by atoms with van der Waals surface area (Å²) in [4.78, 5) is 19.2. The summed E-state index contributed by atoms with van der Waals surface area (Å²) in [6.45, 7) is 1.78. The zero-order valence-corrected chi connectivity index (χ0v) is 12.6. The van der Waals surface area contributed by atoms with Crippen LogP contribution < -0.4 is 10.1 Å². The van der Waals surface area contributed by atoms with Crippen LogP contribution in [-0.4, -0.2) is 16.1 Å². The van der Waals surface area contributed by atoms with Gasteiger partial charge in [-0.05, 0) is 12.1 Å². The predicted octanol–water partition coefficient (Wildman–Crippen LogP) is 2.19. The number of amides is 1. The quantitative estimate of drug-likeness (QED) is 0.863. The van der Waals surface area contributed by atoms with Crippen LogP contribution >= 0.6 is 0 Å². The molecule has 0 aliphatic carbocycles. The molecule has 1 heterocycles. The monoisotopic (exact) mass is 317 g/mol. The molecule has 0 atom stereocenters. The Morgan fingerprint density at radius 2 is 2.06 bits per heavy atom. The first kappa shape index (κ1) is 14.7. The molecule has 18 heavy (non-hydrogen) atoms. The van der Waals surface area contributed by atoms with Gasteiger partial charge in [0.05, 0.1) is 0 Å². The maximum absolute atomic E-state index is 11.5. The number of carbonyl (C=O) groups is 1. The minimum atomic E-state index is -0.629. The van der Waals surface area contributed by atoms with E-state index in [1.807, 2.05) is 6.07 Å². The first-order valence-corrected chi connectivity index (χ1v) is 4.99. The molecule has 1 amide bonds. The molecule has 2 aromatic rings. The van der Waals surface area contributed by atoms with E-state index in [9.17, 15) is 4.79 Å². The summed E-state index contributed by atoms with van der Waals surface area (Å²) >= 11 is 0. The fourth-order valence-corrected chi connectivity index (χ4v) is 1.18. The molecule has 1 aromatic carbocycles. The van der Waals surface area contributed by atoms with E-state index >= 15 is 0 Å². The van der Waals surface area contributed by atoms with Gasteiger partial charge in [0.1, 0.15) is 11.7 Å². The molecule has 1 radical (unpaired) electrons. The number of ether oxygens (including phenoxy) is 1. The van der Waals surface area contributed by atoms with Crippen LogP contribution in [0.15, 0.2) is 36.4 Å². The summed E-state index contributed by atoms with van der Waals surface area (Å²) in [7, 11) is 0. The molecule has 1 N–H and O–H groups in total. The van der Waals surface area contributed by atoms with E-state index in [0.717, 1.165) is 5.69 Å². The molecule has 0 saturated heterocycles. The fourth-order valence-electron chi connectivity index (χ4n) is 1.18. The van der Waals surface area contributed by atoms with Crippen LogP contribution in [0, 0.1) is 13.1 Å². The van der Waals surface area contributed by atoms with Gasteiger partial charge in [-0.2, -0.15) is 0 Å². The second-order valence-electron chi connectivity index (χ2n) is 3.29. The first-order chi connectivity index (χ1) is 8.24. The first-order valence-electron chi connectivity index (χ1n) is 4.99. The van der Waals surface area contributed by atoms with Crippen LogP contribution in [0.3, 0.4) is 0 Å². The number of nitrogens with zero attached hydrogens (tertiary/aromatic N) is 2. The van der Waals surface area contributed by atoms with Crippen molar-refractivity contribution in [3.05, 3.63) is 48.3 Å². The number of carbonyl (C=O) groups excluding carboxylic acids is 1. The molecule has 5 nitrogen and oxygen atoms in total. The minimum absolute atomic E-state index is 0. The second kappa shape index (κ2) is 7.18. The van der Waals surface area contributed by atoms with Crippen molar-refractivity contribution in [2.24, 2.45) is 0 Å². The van der Waals surface area contributed by atoms with Gasteiger partial charge in [0, 0.05) is 32.7 Å². The normalized spacial score (nSPS) is 9.17. The van der Waals surface area contributed by atoms with E-state index in [2.05, 4.69) is 21.5 Å². The Bertz CT molecular complexity index is 520. The number of para-hydroxylation sites is 1. The number of rotatable bonds is 2. The van der Waals surface area contributed by atoms with Gasteiger partial charge in [0.2, 0.25) is 0 Å². The van der Waals surface area contributed by atoms with Crippen molar-refractivity contribution in [1.29, 1.82) is 0 Å². The zero-order valence-electron chi connectivity index (χ0n) is 9.75. The van der Waals surface area contributed by atoms with Crippen LogP contribution in [0.2, 0.25) is 0 Å². The average molecular weight is 317 g/mol. The van der Waals surface area contributed by atoms with E-state index in [4.69, 9.17) is 4.74 Å². The molecule has 0 unspecified atom stereocenters. The predicted molar refractivity (Wildman–Crippen MR) is 61.7 cm³/mol. The molecule has 0 bridgehead atoms. The van der Waals surface area contributed by atoms with Gasteiger partial charge in [-0.25, -0.2) is 4.79 Å². The molecule has 0 fully saturated rings. The minimum Gasteiger partial charge on any atom is -0.411 e. The number of hydrogen-bond acceptors (Lipinski definition) is 4. The van der Waals surface area contributed by atoms with Crippen molar-refractivity contribution in [3.8, 4) is 5.75 Å². The van der Waals surface area contributed by atoms with Gasteiger partial charge in [-0.15, -0.1) is 6.07 Å². The molecule has 1 aromatic heterocycles. The Balaban J connectivity index is 0.00000162. The molecule has 0 aliphatic rings. The largest absolute Gasteiger partial charge is 0.411 e. The molecule has 0 saturated carbocycles. The fraction of sp³-hybridized carbons (Fsp3) is 0.0833. The van der Waals surface area contributed by atoms with E-state index in [-0.39, 0.29) is 38.7 Å². The molecule has 6 heteroatoms. The van der Waals surface area contributed by atoms with Crippen molar-refractivity contribution >= 4 is 12.0 Å². The summed E-state index contributed by atoms with van der Waals surface area (Å²) in [6, 6.07) is 10.4. The summed E-state index contributed by atoms with van der Waals surface area (Å²) in [5.41, 5.74) is 0.718. The third-order valence-electron chi connectivity index (χ3n) is 1.89. The van der Waals surface area contributed by atoms with Crippen molar-refractivity contribution in [3.63, 3.8) is 0 Å². The van der Waals surface area contributed by atoms with Crippen molar-refractivity contribution in [2.45, 2.75) is 6.92 Å². The van der Waals surface area contributed by atoms with Crippen LogP contribution in [0.5, 0.6) is 5.75 Å². The maximum Gasteiger partial charge on any atom is 0.408 e. The van der Waals surface area contributed by atoms with Crippen molar-refractivity contribution in [2.75, 3.05) is 5.32 Å². The molecule has 0 spiro atoms. The zero-order chi connectivity index (χ0) is 12.1. The van der Waals surface area contributed by atoms with Crippen molar-refractivity contribution in [1.82, 2.24) is 9.97 Å². The molecule has 2 rings (SSSR count). The maximum atomic E-state index is 11.5. The summed E-state index contributed by atoms with van der Waals surface area (Å²) in [6.07, 6.45) is 1.99. The Kier molecular flexibility index (Phi) is 5.88. The van der Waals surface area contributed by atoms with Crippen LogP contribution in [0.25, 0.3) is 0 Å². The van der Waals surface area contributed by atoms with Gasteiger partial charge in [-0.3, -0.25) is 0 Å². The molecule has 89 valence electrons. The van der Waals surface area contributed by atoms with E-state index in [1.54, 1.807) is 37.3 Å². The van der Waals surface area contributed by atoms with Gasteiger partial charge in [0.15, 0.2) is 0 Å². The van der Waals surface area contributed by atoms with Crippen LogP contribution in [0.4, 0.5) is 10.7 Å². The molecular formula is C12H10N3O2Y-. The number of anilines is 1. The van der Waals surface area contributed by atoms with Gasteiger partial charge < -0.3 is 20.0 Å². The van der Waals surface area contributed by atoms with Crippen LogP contribution in [-0.2, 0) is 32.7 Å². The standard InChI is InChI=1S/C12H10N3O2.Y/c1-9-7-8-13-11(14-9)15-12(16)17-10-5-3-2-4-6-10;/h2-7H,1H3,(H,13,14,15,16);/q-1;. The Morgan fingerprint density at radius 3 is 2.72 bits per heavy atom. The number of nitrogens with one attached hydrogen (secondary N) is 1. The summed E-state index contributed by atoms with van der Waals surface area (Å²) in [5, 5.41) is 2.42. The Labute approximate surface area is 130 Å². The smallest absolute Gasteiger partial charge is 0.408 e. The third-order valence-corrected chi connectivity index (χ3v) is 1.89. The van der Waals surface area contributed by atoms with Gasteiger partial charge in [-0.1, -0.05) is 37.0 Å². The number of hydrogen-bond donors (Lipinski definition) is 1. The number of benzene rings is 1. The summed E-state index contributed by atoms with van der Waals surface area (Å²) in [5.74, 6) is 0.632. The number of aromatic nitrogens is 2. The van der Waals surface area contributed by atoms with Crippen molar-refractivity contribution < 1.29 is 42.2 Å². The van der Waals surface area contributed by atoms with E-state index in [0.29, 0.717) is 5.75 Å². The second-order valence-corrected chi connectivity index (χ2v) is 3.29. The average Bonchev–Trinajstić information content (AvgIpc) is 2.30. The van der Waals surface area contributed by atoms with E-state index in [1.165, 1.54) is 0 Å². The van der Waals surface area contributed by atoms with E-state index < -0.39 is 6.09 Å². The molecule has 0 aliphatic heterocycles. The Hall–Kier alpha value is -1.33. The Morgan fingerprint density at radius 1 is 1.33 bits per heavy atom. The number of aryl methyl sites for hydroxylation is 1. The van der Waals surface area contributed by atoms with Crippen LogP contribution in [0.1, 0.15) is 5.69 Å². The third kappa shape index (κ3) is 4.51. The summed E-state index contributed by atoms with van der Waals surface area (Å²) < 4.78 is 5.01. The topological polar surface area (TPSA) is 64.1 Å². The van der Waals surface area contributed by atoms with Gasteiger partial charge >= 0.3 is 6.09 Å². The SMILES string of the molecule is Cc1c[c-]nc(NC(=O)Oc2ccccc2)n1.[Y]. The molecular weight excluding hydrogens is 307 g/mol. The van der Waals surface area contributed by atoms with Gasteiger partial charge in [0.25, 0.3) is 0 Å².